The molecule has 5 heteroatoms. The summed E-state index contributed by atoms with van der Waals surface area (Å²) in [6, 6.07) is 3.12. The molecule has 2 bridgehead atoms. The molecule has 2 atom stereocenters. The SMILES string of the molecule is CCCOc1ccnc(N2CCC3CCC(C2)N3)n1. The fraction of sp³-hybridized carbons (Fsp3) is 0.714. The Morgan fingerprint density at radius 3 is 3.16 bits per heavy atom. The van der Waals surface area contributed by atoms with Gasteiger partial charge in [-0.05, 0) is 25.7 Å². The van der Waals surface area contributed by atoms with E-state index in [1.807, 2.05) is 6.07 Å². The number of rotatable bonds is 4. The van der Waals surface area contributed by atoms with E-state index >= 15 is 0 Å². The van der Waals surface area contributed by atoms with Crippen molar-refractivity contribution in [1.29, 1.82) is 0 Å². The summed E-state index contributed by atoms with van der Waals surface area (Å²) in [6.45, 7) is 4.85. The maximum atomic E-state index is 5.59. The van der Waals surface area contributed by atoms with Gasteiger partial charge in [-0.25, -0.2) is 4.98 Å². The molecule has 3 heterocycles. The van der Waals surface area contributed by atoms with Crippen LogP contribution in [0.5, 0.6) is 5.88 Å². The maximum Gasteiger partial charge on any atom is 0.228 e. The lowest BCUT2D eigenvalue weighted by atomic mass is 10.1. The number of aromatic nitrogens is 2. The molecule has 2 aliphatic rings. The van der Waals surface area contributed by atoms with Crippen LogP contribution >= 0.6 is 0 Å². The van der Waals surface area contributed by atoms with E-state index in [4.69, 9.17) is 4.74 Å². The molecular weight excluding hydrogens is 240 g/mol. The second kappa shape index (κ2) is 5.74. The standard InChI is InChI=1S/C14H22N4O/c1-2-9-19-13-5-7-15-14(17-13)18-8-6-11-3-4-12(10-18)16-11/h5,7,11-12,16H,2-4,6,8-10H2,1H3. The van der Waals surface area contributed by atoms with Crippen LogP contribution in [0.1, 0.15) is 32.6 Å². The van der Waals surface area contributed by atoms with Crippen LogP contribution in [-0.2, 0) is 0 Å². The molecule has 2 saturated heterocycles. The van der Waals surface area contributed by atoms with Gasteiger partial charge in [0.15, 0.2) is 0 Å². The fourth-order valence-corrected chi connectivity index (χ4v) is 2.90. The zero-order valence-corrected chi connectivity index (χ0v) is 11.5. The lowest BCUT2D eigenvalue weighted by molar-refractivity contribution is 0.304. The van der Waals surface area contributed by atoms with Gasteiger partial charge in [0.1, 0.15) is 0 Å². The molecule has 2 unspecified atom stereocenters. The molecule has 0 radical (unpaired) electrons. The van der Waals surface area contributed by atoms with Crippen LogP contribution in [0.25, 0.3) is 0 Å². The number of anilines is 1. The third-order valence-corrected chi connectivity index (χ3v) is 3.88. The third-order valence-electron chi connectivity index (χ3n) is 3.88. The van der Waals surface area contributed by atoms with Gasteiger partial charge >= 0.3 is 0 Å². The van der Waals surface area contributed by atoms with Crippen LogP contribution in [0, 0.1) is 0 Å². The summed E-state index contributed by atoms with van der Waals surface area (Å²) in [7, 11) is 0. The lowest BCUT2D eigenvalue weighted by Gasteiger charge is -2.24. The Morgan fingerprint density at radius 1 is 1.37 bits per heavy atom. The average Bonchev–Trinajstić information content (AvgIpc) is 2.76. The Labute approximate surface area is 114 Å². The predicted octanol–water partition coefficient (Wildman–Crippen LogP) is 1.60. The van der Waals surface area contributed by atoms with Gasteiger partial charge in [-0.2, -0.15) is 4.98 Å². The summed E-state index contributed by atoms with van der Waals surface area (Å²) in [4.78, 5) is 11.2. The van der Waals surface area contributed by atoms with Crippen LogP contribution in [-0.4, -0.2) is 41.7 Å². The Morgan fingerprint density at radius 2 is 2.26 bits per heavy atom. The average molecular weight is 262 g/mol. The summed E-state index contributed by atoms with van der Waals surface area (Å²) < 4.78 is 5.59. The van der Waals surface area contributed by atoms with Gasteiger partial charge in [0.05, 0.1) is 6.61 Å². The van der Waals surface area contributed by atoms with E-state index in [0.717, 1.165) is 25.5 Å². The number of nitrogens with one attached hydrogen (secondary N) is 1. The van der Waals surface area contributed by atoms with E-state index in [1.165, 1.54) is 19.3 Å². The Balaban J connectivity index is 1.70. The molecule has 19 heavy (non-hydrogen) atoms. The monoisotopic (exact) mass is 262 g/mol. The van der Waals surface area contributed by atoms with Crippen molar-refractivity contribution < 1.29 is 4.74 Å². The Hall–Kier alpha value is -1.36. The third kappa shape index (κ3) is 2.97. The number of ether oxygens (including phenoxy) is 1. The van der Waals surface area contributed by atoms with Crippen LogP contribution in [0.2, 0.25) is 0 Å². The van der Waals surface area contributed by atoms with E-state index < -0.39 is 0 Å². The highest BCUT2D eigenvalue weighted by Gasteiger charge is 2.30. The number of fused-ring (bicyclic) bond motifs is 2. The van der Waals surface area contributed by atoms with Gasteiger partial charge in [-0.15, -0.1) is 0 Å². The van der Waals surface area contributed by atoms with E-state index in [2.05, 4.69) is 27.1 Å². The zero-order chi connectivity index (χ0) is 13.1. The Kier molecular flexibility index (Phi) is 3.82. The molecule has 0 aliphatic carbocycles. The highest BCUT2D eigenvalue weighted by molar-refractivity contribution is 5.33. The summed E-state index contributed by atoms with van der Waals surface area (Å²) in [6.07, 6.45) is 6.56. The van der Waals surface area contributed by atoms with Crippen molar-refractivity contribution in [3.8, 4) is 5.88 Å². The van der Waals surface area contributed by atoms with E-state index in [-0.39, 0.29) is 0 Å². The summed E-state index contributed by atoms with van der Waals surface area (Å²) in [5, 5.41) is 3.67. The predicted molar refractivity (Wildman–Crippen MR) is 74.6 cm³/mol. The molecule has 0 saturated carbocycles. The molecule has 5 nitrogen and oxygen atoms in total. The quantitative estimate of drug-likeness (QED) is 0.893. The minimum absolute atomic E-state index is 0.594. The highest BCUT2D eigenvalue weighted by Crippen LogP contribution is 2.23. The highest BCUT2D eigenvalue weighted by atomic mass is 16.5. The van der Waals surface area contributed by atoms with Crippen molar-refractivity contribution >= 4 is 5.95 Å². The summed E-state index contributed by atoms with van der Waals surface area (Å²) in [5.41, 5.74) is 0. The van der Waals surface area contributed by atoms with Crippen molar-refractivity contribution in [3.63, 3.8) is 0 Å². The number of nitrogens with zero attached hydrogens (tertiary/aromatic N) is 3. The molecular formula is C14H22N4O. The van der Waals surface area contributed by atoms with Gasteiger partial charge in [0, 0.05) is 37.4 Å². The summed E-state index contributed by atoms with van der Waals surface area (Å²) >= 11 is 0. The molecule has 3 rings (SSSR count). The first-order valence-corrected chi connectivity index (χ1v) is 7.32. The van der Waals surface area contributed by atoms with Crippen molar-refractivity contribution in [3.05, 3.63) is 12.3 Å². The first kappa shape index (κ1) is 12.7. The van der Waals surface area contributed by atoms with Crippen LogP contribution in [0.3, 0.4) is 0 Å². The van der Waals surface area contributed by atoms with Crippen molar-refractivity contribution in [1.82, 2.24) is 15.3 Å². The molecule has 0 aromatic carbocycles. The second-order valence-electron chi connectivity index (χ2n) is 5.42. The van der Waals surface area contributed by atoms with Crippen LogP contribution < -0.4 is 15.0 Å². The zero-order valence-electron chi connectivity index (χ0n) is 11.5. The van der Waals surface area contributed by atoms with Crippen LogP contribution in [0.15, 0.2) is 12.3 Å². The van der Waals surface area contributed by atoms with Crippen molar-refractivity contribution in [2.24, 2.45) is 0 Å². The molecule has 2 aliphatic heterocycles. The molecule has 2 fully saturated rings. The van der Waals surface area contributed by atoms with Gasteiger partial charge in [0.2, 0.25) is 11.8 Å². The topological polar surface area (TPSA) is 50.3 Å². The molecule has 1 aromatic rings. The van der Waals surface area contributed by atoms with Gasteiger partial charge in [0.25, 0.3) is 0 Å². The smallest absolute Gasteiger partial charge is 0.228 e. The van der Waals surface area contributed by atoms with Gasteiger partial charge in [-0.1, -0.05) is 6.92 Å². The lowest BCUT2D eigenvalue weighted by Crippen LogP contribution is -2.36. The number of hydrogen-bond donors (Lipinski definition) is 1. The molecule has 1 aromatic heterocycles. The van der Waals surface area contributed by atoms with E-state index in [9.17, 15) is 0 Å². The van der Waals surface area contributed by atoms with Crippen molar-refractivity contribution in [2.75, 3.05) is 24.6 Å². The second-order valence-corrected chi connectivity index (χ2v) is 5.42. The van der Waals surface area contributed by atoms with Gasteiger partial charge < -0.3 is 15.0 Å². The Bertz CT molecular complexity index is 426. The summed E-state index contributed by atoms with van der Waals surface area (Å²) in [5.74, 6) is 1.50. The number of hydrogen-bond acceptors (Lipinski definition) is 5. The molecule has 1 N–H and O–H groups in total. The molecule has 0 spiro atoms. The van der Waals surface area contributed by atoms with Crippen LogP contribution in [0.4, 0.5) is 5.95 Å². The molecule has 0 amide bonds. The largest absolute Gasteiger partial charge is 0.478 e. The first-order chi connectivity index (χ1) is 9.35. The van der Waals surface area contributed by atoms with Gasteiger partial charge in [-0.3, -0.25) is 0 Å². The molecule has 104 valence electrons. The first-order valence-electron chi connectivity index (χ1n) is 7.32. The normalized spacial score (nSPS) is 26.3. The van der Waals surface area contributed by atoms with Crippen molar-refractivity contribution in [2.45, 2.75) is 44.7 Å². The fourth-order valence-electron chi connectivity index (χ4n) is 2.90. The maximum absolute atomic E-state index is 5.59. The van der Waals surface area contributed by atoms with E-state index in [0.29, 0.717) is 24.6 Å². The minimum atomic E-state index is 0.594. The minimum Gasteiger partial charge on any atom is -0.478 e. The van der Waals surface area contributed by atoms with E-state index in [1.54, 1.807) is 6.20 Å².